The summed E-state index contributed by atoms with van der Waals surface area (Å²) in [6, 6.07) is 4.13. The zero-order chi connectivity index (χ0) is 14.6. The number of benzene rings is 1. The fraction of sp³-hybridized carbons (Fsp3) is 0.529. The Morgan fingerprint density at radius 3 is 3.00 bits per heavy atom. The van der Waals surface area contributed by atoms with Gasteiger partial charge in [-0.25, -0.2) is 0 Å². The molecule has 2 heterocycles. The summed E-state index contributed by atoms with van der Waals surface area (Å²) in [5.41, 5.74) is 2.45. The molecule has 2 aliphatic heterocycles. The molecule has 0 aromatic heterocycles. The molecule has 1 aromatic rings. The van der Waals surface area contributed by atoms with Crippen molar-refractivity contribution in [1.29, 1.82) is 0 Å². The van der Waals surface area contributed by atoms with Gasteiger partial charge in [0.2, 0.25) is 0 Å². The van der Waals surface area contributed by atoms with Crippen molar-refractivity contribution in [1.82, 2.24) is 4.90 Å². The first kappa shape index (κ1) is 15.8. The molecule has 1 aromatic carbocycles. The van der Waals surface area contributed by atoms with Gasteiger partial charge in [0.25, 0.3) is 0 Å². The molecule has 0 radical (unpaired) electrons. The molecule has 0 saturated heterocycles. The highest BCUT2D eigenvalue weighted by molar-refractivity contribution is 8.93. The lowest BCUT2D eigenvalue weighted by Gasteiger charge is -2.38. The Bertz CT molecular complexity index is 618. The number of allylic oxidation sites excluding steroid dienone is 1. The smallest absolute Gasteiger partial charge is 0.166 e. The van der Waals surface area contributed by atoms with Crippen LogP contribution in [0.3, 0.4) is 0 Å². The number of ether oxygens (including phenoxy) is 2. The Labute approximate surface area is 141 Å². The molecule has 0 unspecified atom stereocenters. The number of aliphatic hydroxyl groups is 1. The molecule has 1 N–H and O–H groups in total. The summed E-state index contributed by atoms with van der Waals surface area (Å²) in [7, 11) is 3.83. The van der Waals surface area contributed by atoms with E-state index in [0.717, 1.165) is 37.4 Å². The van der Waals surface area contributed by atoms with E-state index in [1.54, 1.807) is 7.11 Å². The van der Waals surface area contributed by atoms with E-state index in [9.17, 15) is 5.11 Å². The molecule has 1 aliphatic carbocycles. The molecule has 0 amide bonds. The van der Waals surface area contributed by atoms with E-state index in [1.807, 2.05) is 12.1 Å². The minimum absolute atomic E-state index is 0. The predicted molar refractivity (Wildman–Crippen MR) is 90.1 cm³/mol. The van der Waals surface area contributed by atoms with Crippen LogP contribution in [-0.2, 0) is 12.0 Å². The van der Waals surface area contributed by atoms with Crippen molar-refractivity contribution in [2.75, 3.05) is 20.7 Å². The second kappa shape index (κ2) is 5.55. The molecule has 22 heavy (non-hydrogen) atoms. The highest BCUT2D eigenvalue weighted by atomic mass is 79.9. The van der Waals surface area contributed by atoms with Gasteiger partial charge in [-0.2, -0.15) is 0 Å². The summed E-state index contributed by atoms with van der Waals surface area (Å²) in [6.45, 7) is 1.93. The van der Waals surface area contributed by atoms with Gasteiger partial charge in [0, 0.05) is 17.5 Å². The van der Waals surface area contributed by atoms with Crippen molar-refractivity contribution in [2.24, 2.45) is 0 Å². The van der Waals surface area contributed by atoms with Crippen LogP contribution in [0.25, 0.3) is 0 Å². The monoisotopic (exact) mass is 367 g/mol. The second-order valence-corrected chi connectivity index (χ2v) is 6.44. The van der Waals surface area contributed by atoms with Crippen molar-refractivity contribution in [3.05, 3.63) is 35.4 Å². The molecular weight excluding hydrogens is 346 g/mol. The van der Waals surface area contributed by atoms with Crippen molar-refractivity contribution in [2.45, 2.75) is 37.0 Å². The Kier molecular flexibility index (Phi) is 4.00. The number of hydrogen-bond acceptors (Lipinski definition) is 4. The summed E-state index contributed by atoms with van der Waals surface area (Å²) in [5, 5.41) is 10.4. The highest BCUT2D eigenvalue weighted by Crippen LogP contribution is 2.56. The minimum Gasteiger partial charge on any atom is -0.493 e. The first-order valence-electron chi connectivity index (χ1n) is 7.56. The highest BCUT2D eigenvalue weighted by Gasteiger charge is 2.54. The molecule has 3 atom stereocenters. The Hall–Kier alpha value is -1.04. The van der Waals surface area contributed by atoms with E-state index in [2.05, 4.69) is 24.1 Å². The molecule has 4 rings (SSSR count). The average Bonchev–Trinajstić information content (AvgIpc) is 2.76. The number of halogens is 1. The lowest BCUT2D eigenvalue weighted by atomic mass is 9.67. The summed E-state index contributed by atoms with van der Waals surface area (Å²) in [6.07, 6.45) is 5.15. The zero-order valence-corrected chi connectivity index (χ0v) is 14.6. The minimum atomic E-state index is -0.549. The van der Waals surface area contributed by atoms with Gasteiger partial charge in [-0.3, -0.25) is 0 Å². The van der Waals surface area contributed by atoms with Crippen molar-refractivity contribution in [3.8, 4) is 11.5 Å². The lowest BCUT2D eigenvalue weighted by molar-refractivity contribution is 0.0201. The van der Waals surface area contributed by atoms with Gasteiger partial charge in [-0.05, 0) is 38.1 Å². The third-order valence-electron chi connectivity index (χ3n) is 5.22. The zero-order valence-electron chi connectivity index (χ0n) is 12.9. The molecule has 120 valence electrons. The van der Waals surface area contributed by atoms with E-state index >= 15 is 0 Å². The molecule has 3 aliphatic rings. The van der Waals surface area contributed by atoms with Gasteiger partial charge >= 0.3 is 0 Å². The predicted octanol–water partition coefficient (Wildman–Crippen LogP) is 2.43. The van der Waals surface area contributed by atoms with Crippen LogP contribution >= 0.6 is 17.0 Å². The molecule has 1 spiro atoms. The molecule has 0 fully saturated rings. The summed E-state index contributed by atoms with van der Waals surface area (Å²) < 4.78 is 11.7. The van der Waals surface area contributed by atoms with Crippen LogP contribution in [0, 0.1) is 0 Å². The molecule has 0 saturated carbocycles. The Morgan fingerprint density at radius 1 is 1.41 bits per heavy atom. The van der Waals surface area contributed by atoms with Crippen molar-refractivity contribution < 1.29 is 14.6 Å². The van der Waals surface area contributed by atoms with Gasteiger partial charge in [0.1, 0.15) is 12.2 Å². The maximum atomic E-state index is 10.4. The quantitative estimate of drug-likeness (QED) is 0.774. The lowest BCUT2D eigenvalue weighted by Crippen LogP contribution is -2.48. The van der Waals surface area contributed by atoms with Crippen LogP contribution in [0.4, 0.5) is 0 Å². The van der Waals surface area contributed by atoms with E-state index in [-0.39, 0.29) is 28.5 Å². The number of aliphatic hydroxyl groups excluding tert-OH is 1. The number of nitrogens with zero attached hydrogens (tertiary/aromatic N) is 1. The average molecular weight is 368 g/mol. The summed E-state index contributed by atoms with van der Waals surface area (Å²) in [5.74, 6) is 1.62. The van der Waals surface area contributed by atoms with Gasteiger partial charge in [-0.15, -0.1) is 17.0 Å². The maximum absolute atomic E-state index is 10.4. The number of rotatable bonds is 1. The van der Waals surface area contributed by atoms with E-state index in [0.29, 0.717) is 0 Å². The van der Waals surface area contributed by atoms with Crippen LogP contribution in [-0.4, -0.2) is 42.9 Å². The third kappa shape index (κ3) is 2.02. The first-order valence-corrected chi connectivity index (χ1v) is 7.56. The van der Waals surface area contributed by atoms with Crippen molar-refractivity contribution >= 4 is 17.0 Å². The van der Waals surface area contributed by atoms with Gasteiger partial charge in [0.05, 0.1) is 7.11 Å². The topological polar surface area (TPSA) is 41.9 Å². The van der Waals surface area contributed by atoms with Crippen LogP contribution in [0.15, 0.2) is 24.3 Å². The van der Waals surface area contributed by atoms with Gasteiger partial charge < -0.3 is 19.5 Å². The fourth-order valence-corrected chi connectivity index (χ4v) is 4.20. The number of hydrogen-bond donors (Lipinski definition) is 1. The first-order chi connectivity index (χ1) is 10.2. The fourth-order valence-electron chi connectivity index (χ4n) is 4.20. The van der Waals surface area contributed by atoms with Crippen molar-refractivity contribution in [3.63, 3.8) is 0 Å². The van der Waals surface area contributed by atoms with Crippen LogP contribution < -0.4 is 9.47 Å². The Morgan fingerprint density at radius 2 is 2.23 bits per heavy atom. The largest absolute Gasteiger partial charge is 0.493 e. The SMILES string of the molecule is Br.COc1ccc2c3c1O[C@@H]1[C@H](O)C=CC[C@@]31CCN(C)C2. The molecule has 0 bridgehead atoms. The van der Waals surface area contributed by atoms with Gasteiger partial charge in [-0.1, -0.05) is 18.2 Å². The standard InChI is InChI=1S/C17H21NO3.BrH/c1-18-9-8-17-7-3-4-12(19)16(17)21-15-13(20-2)6-5-11(10-18)14(15)17;/h3-6,12,16,19H,7-10H2,1-2H3;1H/t12-,16-,17-;/m1./s1. The molecule has 4 nitrogen and oxygen atoms in total. The normalized spacial score (nSPS) is 32.3. The Balaban J connectivity index is 0.00000144. The van der Waals surface area contributed by atoms with E-state index in [4.69, 9.17) is 9.47 Å². The number of methoxy groups -OCH3 is 1. The van der Waals surface area contributed by atoms with Gasteiger partial charge in [0.15, 0.2) is 11.5 Å². The molecule has 5 heteroatoms. The second-order valence-electron chi connectivity index (χ2n) is 6.44. The van der Waals surface area contributed by atoms with Crippen LogP contribution in [0.5, 0.6) is 11.5 Å². The summed E-state index contributed by atoms with van der Waals surface area (Å²) in [4.78, 5) is 2.34. The van der Waals surface area contributed by atoms with E-state index < -0.39 is 6.10 Å². The summed E-state index contributed by atoms with van der Waals surface area (Å²) >= 11 is 0. The maximum Gasteiger partial charge on any atom is 0.166 e. The molecular formula is C17H22BrNO3. The van der Waals surface area contributed by atoms with Crippen LogP contribution in [0.2, 0.25) is 0 Å². The third-order valence-corrected chi connectivity index (χ3v) is 5.22. The van der Waals surface area contributed by atoms with E-state index in [1.165, 1.54) is 11.1 Å². The van der Waals surface area contributed by atoms with Crippen LogP contribution in [0.1, 0.15) is 24.0 Å².